The first-order valence-electron chi connectivity index (χ1n) is 11.8. The van der Waals surface area contributed by atoms with Crippen molar-refractivity contribution in [3.63, 3.8) is 0 Å². The molecule has 3 N–H and O–H groups in total. The number of morpholine rings is 1. The Morgan fingerprint density at radius 3 is 2.67 bits per heavy atom. The molecule has 1 aromatic heterocycles. The van der Waals surface area contributed by atoms with Gasteiger partial charge in [0.1, 0.15) is 0 Å². The summed E-state index contributed by atoms with van der Waals surface area (Å²) in [5.74, 6) is 1.71. The van der Waals surface area contributed by atoms with Gasteiger partial charge in [-0.3, -0.25) is 0 Å². The van der Waals surface area contributed by atoms with Gasteiger partial charge < -0.3 is 24.8 Å². The molecule has 1 aliphatic heterocycles. The first-order chi connectivity index (χ1) is 17.7. The fraction of sp³-hybridized carbons (Fsp3) is 0.231. The van der Waals surface area contributed by atoms with E-state index in [0.29, 0.717) is 62.1 Å². The number of aromatic nitrogens is 3. The summed E-state index contributed by atoms with van der Waals surface area (Å²) in [4.78, 5) is 15.8. The molecular formula is C26H27N7O3. The Morgan fingerprint density at radius 2 is 1.83 bits per heavy atom. The molecule has 0 amide bonds. The van der Waals surface area contributed by atoms with E-state index >= 15 is 0 Å². The van der Waals surface area contributed by atoms with Crippen LogP contribution in [0.15, 0.2) is 65.8 Å². The lowest BCUT2D eigenvalue weighted by atomic mass is 10.1. The maximum atomic E-state index is 10.1. The van der Waals surface area contributed by atoms with Gasteiger partial charge in [0.15, 0.2) is 11.5 Å². The highest BCUT2D eigenvalue weighted by Crippen LogP contribution is 2.27. The average molecular weight is 486 g/mol. The number of nitrogens with zero attached hydrogens (tertiary/aromatic N) is 5. The molecule has 1 fully saturated rings. The predicted octanol–water partition coefficient (Wildman–Crippen LogP) is 4.16. The van der Waals surface area contributed by atoms with E-state index in [-0.39, 0.29) is 5.75 Å². The van der Waals surface area contributed by atoms with E-state index in [0.717, 1.165) is 16.5 Å². The fourth-order valence-corrected chi connectivity index (χ4v) is 3.89. The Hall–Kier alpha value is -4.44. The number of fused-ring (bicyclic) bond motifs is 1. The molecule has 10 nitrogen and oxygen atoms in total. The van der Waals surface area contributed by atoms with Crippen molar-refractivity contribution in [2.45, 2.75) is 6.92 Å². The molecule has 0 aliphatic carbocycles. The summed E-state index contributed by atoms with van der Waals surface area (Å²) in [5, 5.41) is 19.9. The van der Waals surface area contributed by atoms with Crippen LogP contribution in [0.2, 0.25) is 0 Å². The Morgan fingerprint density at radius 1 is 1.03 bits per heavy atom. The smallest absolute Gasteiger partial charge is 0.250 e. The lowest BCUT2D eigenvalue weighted by Gasteiger charge is -2.27. The van der Waals surface area contributed by atoms with E-state index in [1.807, 2.05) is 31.2 Å². The SMILES string of the molecule is CCOc1ccc(/C=N/Nc2nc(Nc3cccc4ccccc34)nc(N3CCOCC3)n2)cc1O. The first-order valence-corrected chi connectivity index (χ1v) is 11.8. The molecule has 5 rings (SSSR count). The van der Waals surface area contributed by atoms with Gasteiger partial charge >= 0.3 is 0 Å². The monoisotopic (exact) mass is 485 g/mol. The summed E-state index contributed by atoms with van der Waals surface area (Å²) in [5.41, 5.74) is 4.48. The highest BCUT2D eigenvalue weighted by molar-refractivity contribution is 5.95. The Labute approximate surface area is 208 Å². The number of phenolic OH excluding ortho intramolecular Hbond substituents is 1. The van der Waals surface area contributed by atoms with E-state index in [1.54, 1.807) is 24.4 Å². The Kier molecular flexibility index (Phi) is 7.04. The number of aromatic hydroxyl groups is 1. The molecule has 0 radical (unpaired) electrons. The number of ether oxygens (including phenoxy) is 2. The van der Waals surface area contributed by atoms with E-state index in [9.17, 15) is 5.11 Å². The maximum absolute atomic E-state index is 10.1. The minimum atomic E-state index is 0.0529. The summed E-state index contributed by atoms with van der Waals surface area (Å²) in [7, 11) is 0. The van der Waals surface area contributed by atoms with Crippen LogP contribution in [0.25, 0.3) is 10.8 Å². The summed E-state index contributed by atoms with van der Waals surface area (Å²) < 4.78 is 10.8. The minimum absolute atomic E-state index is 0.0529. The topological polar surface area (TPSA) is 117 Å². The molecule has 0 spiro atoms. The molecule has 3 aromatic carbocycles. The number of anilines is 4. The largest absolute Gasteiger partial charge is 0.504 e. The third-order valence-electron chi connectivity index (χ3n) is 5.61. The van der Waals surface area contributed by atoms with E-state index < -0.39 is 0 Å². The van der Waals surface area contributed by atoms with Gasteiger partial charge in [0, 0.05) is 24.2 Å². The summed E-state index contributed by atoms with van der Waals surface area (Å²) in [6, 6.07) is 19.3. The highest BCUT2D eigenvalue weighted by atomic mass is 16.5. The number of hydrogen-bond acceptors (Lipinski definition) is 10. The van der Waals surface area contributed by atoms with Gasteiger partial charge in [0.05, 0.1) is 26.0 Å². The van der Waals surface area contributed by atoms with Crippen molar-refractivity contribution in [3.05, 3.63) is 66.2 Å². The predicted molar refractivity (Wildman–Crippen MR) is 141 cm³/mol. The lowest BCUT2D eigenvalue weighted by molar-refractivity contribution is 0.122. The summed E-state index contributed by atoms with van der Waals surface area (Å²) in [6.07, 6.45) is 1.57. The quantitative estimate of drug-likeness (QED) is 0.250. The molecule has 0 atom stereocenters. The van der Waals surface area contributed by atoms with Crippen molar-refractivity contribution in [1.82, 2.24) is 15.0 Å². The molecule has 1 saturated heterocycles. The maximum Gasteiger partial charge on any atom is 0.250 e. The van der Waals surface area contributed by atoms with E-state index in [4.69, 9.17) is 9.47 Å². The van der Waals surface area contributed by atoms with Gasteiger partial charge in [-0.1, -0.05) is 36.4 Å². The van der Waals surface area contributed by atoms with Crippen LogP contribution in [0.5, 0.6) is 11.5 Å². The highest BCUT2D eigenvalue weighted by Gasteiger charge is 2.17. The lowest BCUT2D eigenvalue weighted by Crippen LogP contribution is -2.37. The van der Waals surface area contributed by atoms with Gasteiger partial charge in [-0.05, 0) is 42.1 Å². The number of rotatable bonds is 8. The van der Waals surface area contributed by atoms with Crippen molar-refractivity contribution in [3.8, 4) is 11.5 Å². The van der Waals surface area contributed by atoms with Gasteiger partial charge in [-0.25, -0.2) is 5.43 Å². The van der Waals surface area contributed by atoms with Crippen LogP contribution in [0.1, 0.15) is 12.5 Å². The molecular weight excluding hydrogens is 458 g/mol. The third kappa shape index (κ3) is 5.44. The molecule has 2 heterocycles. The molecule has 0 bridgehead atoms. The van der Waals surface area contributed by atoms with Crippen molar-refractivity contribution in [1.29, 1.82) is 0 Å². The molecule has 0 saturated carbocycles. The number of benzene rings is 3. The van der Waals surface area contributed by atoms with Gasteiger partial charge in [-0.15, -0.1) is 0 Å². The van der Waals surface area contributed by atoms with Crippen LogP contribution in [-0.4, -0.2) is 59.2 Å². The Balaban J connectivity index is 1.41. The molecule has 0 unspecified atom stereocenters. The summed E-state index contributed by atoms with van der Waals surface area (Å²) >= 11 is 0. The average Bonchev–Trinajstić information content (AvgIpc) is 2.91. The number of hydrazone groups is 1. The zero-order chi connectivity index (χ0) is 24.7. The van der Waals surface area contributed by atoms with Crippen molar-refractivity contribution in [2.75, 3.05) is 48.6 Å². The summed E-state index contributed by atoms with van der Waals surface area (Å²) in [6.45, 7) is 4.93. The van der Waals surface area contributed by atoms with E-state index in [2.05, 4.69) is 53.9 Å². The molecule has 10 heteroatoms. The molecule has 1 aliphatic rings. The van der Waals surface area contributed by atoms with Crippen LogP contribution in [0.4, 0.5) is 23.5 Å². The van der Waals surface area contributed by atoms with Crippen molar-refractivity contribution < 1.29 is 14.6 Å². The van der Waals surface area contributed by atoms with Gasteiger partial charge in [0.2, 0.25) is 17.8 Å². The van der Waals surface area contributed by atoms with Crippen molar-refractivity contribution in [2.24, 2.45) is 5.10 Å². The van der Waals surface area contributed by atoms with Crippen molar-refractivity contribution >= 4 is 40.5 Å². The van der Waals surface area contributed by atoms with Gasteiger partial charge in [-0.2, -0.15) is 20.1 Å². The fourth-order valence-electron chi connectivity index (χ4n) is 3.89. The van der Waals surface area contributed by atoms with Crippen LogP contribution in [-0.2, 0) is 4.74 Å². The number of hydrogen-bond donors (Lipinski definition) is 3. The Bertz CT molecular complexity index is 1370. The zero-order valence-corrected chi connectivity index (χ0v) is 19.9. The van der Waals surface area contributed by atoms with E-state index in [1.165, 1.54) is 0 Å². The molecule has 4 aromatic rings. The van der Waals surface area contributed by atoms with Crippen LogP contribution in [0.3, 0.4) is 0 Å². The molecule has 184 valence electrons. The van der Waals surface area contributed by atoms with Gasteiger partial charge in [0.25, 0.3) is 0 Å². The van der Waals surface area contributed by atoms with Crippen LogP contribution >= 0.6 is 0 Å². The first kappa shape index (κ1) is 23.3. The van der Waals surface area contributed by atoms with Crippen LogP contribution in [0, 0.1) is 0 Å². The second-order valence-corrected chi connectivity index (χ2v) is 8.06. The normalized spacial score (nSPS) is 13.8. The second-order valence-electron chi connectivity index (χ2n) is 8.06. The third-order valence-corrected chi connectivity index (χ3v) is 5.61. The molecule has 36 heavy (non-hydrogen) atoms. The number of nitrogens with one attached hydrogen (secondary N) is 2. The standard InChI is InChI=1S/C26H27N7O3/c1-2-36-23-11-10-18(16-22(23)34)17-27-32-25-29-24(30-26(31-25)33-12-14-35-15-13-33)28-21-9-5-7-19-6-3-4-8-20(19)21/h3-11,16-17,34H,2,12-15H2,1H3,(H2,28,29,30,31,32)/b27-17+. The zero-order valence-electron chi connectivity index (χ0n) is 19.9. The number of phenols is 1. The van der Waals surface area contributed by atoms with Crippen LogP contribution < -0.4 is 20.4 Å². The minimum Gasteiger partial charge on any atom is -0.504 e. The second kappa shape index (κ2) is 10.9.